The molecule has 0 aromatic carbocycles. The molecule has 0 aromatic rings. The van der Waals surface area contributed by atoms with E-state index in [1.54, 1.807) is 0 Å². The Morgan fingerprint density at radius 3 is 2.39 bits per heavy atom. The van der Waals surface area contributed by atoms with E-state index < -0.39 is 0 Å². The van der Waals surface area contributed by atoms with E-state index in [9.17, 15) is 0 Å². The third-order valence-corrected chi connectivity index (χ3v) is 5.06. The summed E-state index contributed by atoms with van der Waals surface area (Å²) >= 11 is 1.88. The van der Waals surface area contributed by atoms with E-state index in [-0.39, 0.29) is 4.75 Å². The van der Waals surface area contributed by atoms with Gasteiger partial charge in [-0.05, 0) is 51.7 Å². The van der Waals surface area contributed by atoms with Crippen LogP contribution in [0, 0.1) is 5.92 Å². The molecule has 0 radical (unpaired) electrons. The maximum atomic E-state index is 4.32. The topological polar surface area (TPSA) is 36.4 Å². The molecule has 0 aromatic heterocycles. The van der Waals surface area contributed by atoms with Gasteiger partial charge in [-0.25, -0.2) is 0 Å². The molecule has 0 unspecified atom stereocenters. The van der Waals surface area contributed by atoms with Crippen LogP contribution in [0.4, 0.5) is 0 Å². The van der Waals surface area contributed by atoms with Gasteiger partial charge in [-0.1, -0.05) is 6.92 Å². The Kier molecular flexibility index (Phi) is 6.33. The second-order valence-electron chi connectivity index (χ2n) is 5.99. The van der Waals surface area contributed by atoms with Crippen LogP contribution in [0.25, 0.3) is 0 Å². The summed E-state index contributed by atoms with van der Waals surface area (Å²) in [5.41, 5.74) is 0. The molecular weight excluding hydrogens is 242 g/mol. The normalized spacial score (nSPS) is 25.9. The molecule has 0 bridgehead atoms. The van der Waals surface area contributed by atoms with Crippen LogP contribution in [0.2, 0.25) is 0 Å². The van der Waals surface area contributed by atoms with Crippen molar-refractivity contribution in [3.05, 3.63) is 0 Å². The maximum absolute atomic E-state index is 4.32. The molecule has 1 aliphatic rings. The number of guanidine groups is 1. The van der Waals surface area contributed by atoms with Gasteiger partial charge >= 0.3 is 0 Å². The lowest BCUT2D eigenvalue weighted by Gasteiger charge is -2.29. The van der Waals surface area contributed by atoms with E-state index in [1.165, 1.54) is 25.7 Å². The highest BCUT2D eigenvalue weighted by atomic mass is 32.2. The van der Waals surface area contributed by atoms with Gasteiger partial charge in [0.15, 0.2) is 5.96 Å². The molecule has 0 amide bonds. The van der Waals surface area contributed by atoms with Gasteiger partial charge in [0.05, 0.1) is 0 Å². The average Bonchev–Trinajstić information content (AvgIpc) is 2.37. The molecule has 0 aliphatic heterocycles. The summed E-state index contributed by atoms with van der Waals surface area (Å²) in [7, 11) is 1.85. The Morgan fingerprint density at radius 2 is 1.89 bits per heavy atom. The summed E-state index contributed by atoms with van der Waals surface area (Å²) in [5, 5.41) is 6.99. The minimum absolute atomic E-state index is 0.249. The minimum Gasteiger partial charge on any atom is -0.355 e. The van der Waals surface area contributed by atoms with Crippen LogP contribution in [-0.4, -0.2) is 36.6 Å². The molecule has 106 valence electrons. The van der Waals surface area contributed by atoms with Gasteiger partial charge in [0.1, 0.15) is 0 Å². The molecule has 1 aliphatic carbocycles. The first kappa shape index (κ1) is 15.7. The summed E-state index contributed by atoms with van der Waals surface area (Å²) in [5.74, 6) is 1.85. The molecule has 2 N–H and O–H groups in total. The van der Waals surface area contributed by atoms with Gasteiger partial charge in [0, 0.05) is 24.4 Å². The van der Waals surface area contributed by atoms with Crippen LogP contribution in [0.15, 0.2) is 4.99 Å². The summed E-state index contributed by atoms with van der Waals surface area (Å²) in [6.45, 7) is 7.79. The molecule has 0 saturated heterocycles. The Bertz CT molecular complexity index is 268. The largest absolute Gasteiger partial charge is 0.355 e. The SMILES string of the molecule is CN=C(NCC(C)(C)SC)NC1CCC(C)CC1. The Morgan fingerprint density at radius 1 is 1.28 bits per heavy atom. The highest BCUT2D eigenvalue weighted by Gasteiger charge is 2.20. The predicted octanol–water partition coefficient (Wildman–Crippen LogP) is 2.87. The average molecular weight is 271 g/mol. The molecule has 3 nitrogen and oxygen atoms in total. The van der Waals surface area contributed by atoms with E-state index in [2.05, 4.69) is 42.7 Å². The van der Waals surface area contributed by atoms with Crippen LogP contribution >= 0.6 is 11.8 Å². The van der Waals surface area contributed by atoms with Crippen molar-refractivity contribution in [1.29, 1.82) is 0 Å². The minimum atomic E-state index is 0.249. The summed E-state index contributed by atoms with van der Waals surface area (Å²) in [4.78, 5) is 4.32. The third-order valence-electron chi connectivity index (χ3n) is 3.81. The van der Waals surface area contributed by atoms with Crippen LogP contribution in [0.5, 0.6) is 0 Å². The monoisotopic (exact) mass is 271 g/mol. The second-order valence-corrected chi connectivity index (χ2v) is 7.50. The fourth-order valence-corrected chi connectivity index (χ4v) is 2.38. The molecular formula is C14H29N3S. The number of nitrogens with one attached hydrogen (secondary N) is 2. The molecule has 18 heavy (non-hydrogen) atoms. The van der Waals surface area contributed by atoms with Gasteiger partial charge < -0.3 is 10.6 Å². The number of nitrogens with zero attached hydrogens (tertiary/aromatic N) is 1. The zero-order valence-corrected chi connectivity index (χ0v) is 13.4. The Balaban J connectivity index is 2.34. The van der Waals surface area contributed by atoms with Gasteiger partial charge in [-0.15, -0.1) is 0 Å². The standard InChI is InChI=1S/C14H29N3S/c1-11-6-8-12(9-7-11)17-13(15-4)16-10-14(2,3)18-5/h11-12H,6-10H2,1-5H3,(H2,15,16,17). The van der Waals surface area contributed by atoms with Crippen molar-refractivity contribution in [2.75, 3.05) is 19.8 Å². The number of thioether (sulfide) groups is 1. The van der Waals surface area contributed by atoms with E-state index in [1.807, 2.05) is 18.8 Å². The third kappa shape index (κ3) is 5.51. The quantitative estimate of drug-likeness (QED) is 0.610. The number of hydrogen-bond acceptors (Lipinski definition) is 2. The smallest absolute Gasteiger partial charge is 0.191 e. The van der Waals surface area contributed by atoms with Crippen LogP contribution < -0.4 is 10.6 Å². The molecule has 0 atom stereocenters. The highest BCUT2D eigenvalue weighted by Crippen LogP contribution is 2.23. The van der Waals surface area contributed by atoms with Gasteiger partial charge in [-0.3, -0.25) is 4.99 Å². The van der Waals surface area contributed by atoms with E-state index in [4.69, 9.17) is 0 Å². The number of aliphatic imine (C=N–C) groups is 1. The van der Waals surface area contributed by atoms with Crippen molar-refractivity contribution in [3.63, 3.8) is 0 Å². The first-order valence-electron chi connectivity index (χ1n) is 6.99. The molecule has 0 spiro atoms. The summed E-state index contributed by atoms with van der Waals surface area (Å²) in [6, 6.07) is 0.602. The highest BCUT2D eigenvalue weighted by molar-refractivity contribution is 7.99. The van der Waals surface area contributed by atoms with Crippen LogP contribution in [0.3, 0.4) is 0 Å². The summed E-state index contributed by atoms with van der Waals surface area (Å²) < 4.78 is 0.249. The lowest BCUT2D eigenvalue weighted by molar-refractivity contribution is 0.329. The van der Waals surface area contributed by atoms with Gasteiger partial charge in [0.2, 0.25) is 0 Å². The predicted molar refractivity (Wildman–Crippen MR) is 83.5 cm³/mol. The zero-order valence-electron chi connectivity index (χ0n) is 12.5. The van der Waals surface area contributed by atoms with Crippen molar-refractivity contribution < 1.29 is 0 Å². The first-order valence-corrected chi connectivity index (χ1v) is 8.21. The molecule has 4 heteroatoms. The summed E-state index contributed by atoms with van der Waals surface area (Å²) in [6.07, 6.45) is 7.37. The van der Waals surface area contributed by atoms with Crippen molar-refractivity contribution in [3.8, 4) is 0 Å². The maximum Gasteiger partial charge on any atom is 0.191 e. The fraction of sp³-hybridized carbons (Fsp3) is 0.929. The number of rotatable bonds is 4. The van der Waals surface area contributed by atoms with Crippen LogP contribution in [0.1, 0.15) is 46.5 Å². The van der Waals surface area contributed by atoms with Crippen LogP contribution in [-0.2, 0) is 0 Å². The lowest BCUT2D eigenvalue weighted by Crippen LogP contribution is -2.47. The van der Waals surface area contributed by atoms with E-state index in [0.717, 1.165) is 18.4 Å². The van der Waals surface area contributed by atoms with Crippen molar-refractivity contribution in [2.45, 2.75) is 57.2 Å². The second kappa shape index (κ2) is 7.27. The van der Waals surface area contributed by atoms with Crippen molar-refractivity contribution in [2.24, 2.45) is 10.9 Å². The van der Waals surface area contributed by atoms with Gasteiger partial charge in [0.25, 0.3) is 0 Å². The molecule has 1 fully saturated rings. The molecule has 0 heterocycles. The Hall–Kier alpha value is -0.380. The fourth-order valence-electron chi connectivity index (χ4n) is 2.16. The first-order chi connectivity index (χ1) is 8.46. The number of hydrogen-bond donors (Lipinski definition) is 2. The van der Waals surface area contributed by atoms with E-state index >= 15 is 0 Å². The van der Waals surface area contributed by atoms with Crippen molar-refractivity contribution in [1.82, 2.24) is 10.6 Å². The molecule has 1 saturated carbocycles. The molecule has 1 rings (SSSR count). The Labute approximate surface area is 117 Å². The van der Waals surface area contributed by atoms with E-state index in [0.29, 0.717) is 6.04 Å². The zero-order chi connectivity index (χ0) is 13.6. The lowest BCUT2D eigenvalue weighted by atomic mass is 9.87. The van der Waals surface area contributed by atoms with Crippen molar-refractivity contribution >= 4 is 17.7 Å². The van der Waals surface area contributed by atoms with Gasteiger partial charge in [-0.2, -0.15) is 11.8 Å².